The van der Waals surface area contributed by atoms with Gasteiger partial charge in [-0.15, -0.1) is 0 Å². The van der Waals surface area contributed by atoms with E-state index < -0.39 is 23.8 Å². The molecule has 3 aromatic rings. The monoisotopic (exact) mass is 577 g/mol. The molecule has 4 rings (SSSR count). The van der Waals surface area contributed by atoms with Crippen molar-refractivity contribution in [3.8, 4) is 0 Å². The van der Waals surface area contributed by atoms with Crippen molar-refractivity contribution in [3.05, 3.63) is 68.4 Å². The predicted molar refractivity (Wildman–Crippen MR) is 140 cm³/mol. The molecular weight excluding hydrogens is 553 g/mol. The van der Waals surface area contributed by atoms with Crippen LogP contribution < -0.4 is 10.2 Å². The average Bonchev–Trinajstić information content (AvgIpc) is 3.26. The van der Waals surface area contributed by atoms with Gasteiger partial charge >= 0.3 is 5.97 Å². The number of halogens is 3. The number of carbonyl (C=O) groups excluding carboxylic acids is 1. The Labute approximate surface area is 221 Å². The molecule has 0 bridgehead atoms. The van der Waals surface area contributed by atoms with Crippen molar-refractivity contribution in [3.63, 3.8) is 0 Å². The topological polar surface area (TPSA) is 103 Å². The number of hydrogen-bond acceptors (Lipinski definition) is 5. The molecule has 2 heterocycles. The molecule has 10 heteroatoms. The van der Waals surface area contributed by atoms with Crippen molar-refractivity contribution in [2.24, 2.45) is 0 Å². The molecule has 190 valence electrons. The SMILES string of the molecule is Cc1c(N2CCC(O)C2)nc2ccc(Br)cc2c1C(=O)NCC(CCC(=O)O)c1cc(F)ccc1Cl. The summed E-state index contributed by atoms with van der Waals surface area (Å²) in [5, 5.41) is 23.1. The molecule has 0 radical (unpaired) electrons. The fourth-order valence-corrected chi connectivity index (χ4v) is 5.28. The van der Waals surface area contributed by atoms with Crippen molar-refractivity contribution in [1.82, 2.24) is 10.3 Å². The Morgan fingerprint density at radius 3 is 2.78 bits per heavy atom. The van der Waals surface area contributed by atoms with Gasteiger partial charge < -0.3 is 20.4 Å². The molecule has 2 aromatic carbocycles. The Bertz CT molecular complexity index is 1320. The minimum atomic E-state index is -0.989. The minimum Gasteiger partial charge on any atom is -0.481 e. The first kappa shape index (κ1) is 26.3. The lowest BCUT2D eigenvalue weighted by molar-refractivity contribution is -0.137. The van der Waals surface area contributed by atoms with Gasteiger partial charge in [-0.25, -0.2) is 9.37 Å². The highest BCUT2D eigenvalue weighted by Crippen LogP contribution is 2.33. The number of nitrogens with zero attached hydrogens (tertiary/aromatic N) is 2. The number of amides is 1. The highest BCUT2D eigenvalue weighted by atomic mass is 79.9. The zero-order valence-electron chi connectivity index (χ0n) is 19.6. The van der Waals surface area contributed by atoms with E-state index in [2.05, 4.69) is 21.2 Å². The maximum absolute atomic E-state index is 14.0. The van der Waals surface area contributed by atoms with Crippen LogP contribution in [-0.2, 0) is 4.79 Å². The summed E-state index contributed by atoms with van der Waals surface area (Å²) >= 11 is 9.76. The summed E-state index contributed by atoms with van der Waals surface area (Å²) in [7, 11) is 0. The van der Waals surface area contributed by atoms with Gasteiger partial charge in [0.1, 0.15) is 11.6 Å². The molecule has 1 aliphatic rings. The van der Waals surface area contributed by atoms with Crippen LogP contribution in [0.2, 0.25) is 5.02 Å². The smallest absolute Gasteiger partial charge is 0.303 e. The quantitative estimate of drug-likeness (QED) is 0.346. The van der Waals surface area contributed by atoms with E-state index in [1.165, 1.54) is 18.2 Å². The number of β-amino-alcohol motifs (C(OH)–C–C–N with tert-alkyl or cyclic N) is 1. The minimum absolute atomic E-state index is 0.0737. The molecular formula is C26H26BrClFN3O4. The molecule has 1 aromatic heterocycles. The number of aliphatic hydroxyl groups is 1. The Kier molecular flexibility index (Phi) is 8.12. The van der Waals surface area contributed by atoms with Gasteiger partial charge in [0.2, 0.25) is 0 Å². The molecule has 0 aliphatic carbocycles. The van der Waals surface area contributed by atoms with Crippen molar-refractivity contribution >= 4 is 56.1 Å². The van der Waals surface area contributed by atoms with Gasteiger partial charge in [0.25, 0.3) is 5.91 Å². The molecule has 36 heavy (non-hydrogen) atoms. The standard InChI is InChI=1S/C26H26BrClFN3O4/c1-14-24(20-10-16(27)3-6-22(20)31-25(14)32-9-8-18(33)13-32)26(36)30-12-15(2-7-23(34)35)19-11-17(29)4-5-21(19)28/h3-6,10-11,15,18,33H,2,7-9,12-13H2,1H3,(H,30,36)(H,34,35). The summed E-state index contributed by atoms with van der Waals surface area (Å²) in [6, 6.07) is 9.45. The van der Waals surface area contributed by atoms with E-state index in [4.69, 9.17) is 16.6 Å². The van der Waals surface area contributed by atoms with E-state index in [-0.39, 0.29) is 25.3 Å². The normalized spacial score (nSPS) is 16.4. The Hall–Kier alpha value is -2.75. The second kappa shape index (κ2) is 11.1. The van der Waals surface area contributed by atoms with Crippen LogP contribution in [-0.4, -0.2) is 52.8 Å². The van der Waals surface area contributed by atoms with E-state index in [0.717, 1.165) is 4.47 Å². The fourth-order valence-electron chi connectivity index (χ4n) is 4.65. The lowest BCUT2D eigenvalue weighted by Gasteiger charge is -2.23. The molecule has 1 fully saturated rings. The fraction of sp³-hybridized carbons (Fsp3) is 0.346. The number of fused-ring (bicyclic) bond motifs is 1. The second-order valence-corrected chi connectivity index (χ2v) is 10.3. The molecule has 2 atom stereocenters. The van der Waals surface area contributed by atoms with Crippen LogP contribution in [0, 0.1) is 12.7 Å². The molecule has 7 nitrogen and oxygen atoms in total. The van der Waals surface area contributed by atoms with Crippen LogP contribution in [0.15, 0.2) is 40.9 Å². The number of rotatable bonds is 8. The van der Waals surface area contributed by atoms with E-state index in [0.29, 0.717) is 57.9 Å². The molecule has 1 amide bonds. The predicted octanol–water partition coefficient (Wildman–Crippen LogP) is 5.05. The van der Waals surface area contributed by atoms with Gasteiger partial charge in [-0.3, -0.25) is 9.59 Å². The number of carbonyl (C=O) groups is 2. The highest BCUT2D eigenvalue weighted by Gasteiger charge is 2.27. The number of carboxylic acids is 1. The maximum atomic E-state index is 14.0. The van der Waals surface area contributed by atoms with Crippen LogP contribution in [0.5, 0.6) is 0 Å². The average molecular weight is 579 g/mol. The first-order chi connectivity index (χ1) is 17.1. The third-order valence-corrected chi connectivity index (χ3v) is 7.31. The van der Waals surface area contributed by atoms with Gasteiger partial charge in [-0.1, -0.05) is 27.5 Å². The lowest BCUT2D eigenvalue weighted by atomic mass is 9.93. The van der Waals surface area contributed by atoms with E-state index in [9.17, 15) is 24.2 Å². The number of anilines is 1. The van der Waals surface area contributed by atoms with Crippen molar-refractivity contribution in [2.45, 2.75) is 38.2 Å². The van der Waals surface area contributed by atoms with Gasteiger partial charge in [0.15, 0.2) is 0 Å². The number of aromatic nitrogens is 1. The summed E-state index contributed by atoms with van der Waals surface area (Å²) < 4.78 is 14.8. The zero-order valence-corrected chi connectivity index (χ0v) is 21.9. The second-order valence-electron chi connectivity index (χ2n) is 8.99. The third-order valence-electron chi connectivity index (χ3n) is 6.47. The van der Waals surface area contributed by atoms with Gasteiger partial charge in [0.05, 0.1) is 17.2 Å². The largest absolute Gasteiger partial charge is 0.481 e. The number of pyridine rings is 1. The van der Waals surface area contributed by atoms with Crippen LogP contribution in [0.3, 0.4) is 0 Å². The number of benzene rings is 2. The summed E-state index contributed by atoms with van der Waals surface area (Å²) in [6.07, 6.45) is 0.201. The number of aliphatic hydroxyl groups excluding tert-OH is 1. The Morgan fingerprint density at radius 2 is 2.08 bits per heavy atom. The number of hydrogen-bond donors (Lipinski definition) is 3. The van der Waals surface area contributed by atoms with Crippen molar-refractivity contribution < 1.29 is 24.2 Å². The van der Waals surface area contributed by atoms with E-state index in [1.54, 1.807) is 0 Å². The first-order valence-corrected chi connectivity index (χ1v) is 12.8. The van der Waals surface area contributed by atoms with Crippen LogP contribution in [0.25, 0.3) is 10.9 Å². The number of nitrogens with one attached hydrogen (secondary N) is 1. The maximum Gasteiger partial charge on any atom is 0.303 e. The molecule has 2 unspecified atom stereocenters. The summed E-state index contributed by atoms with van der Waals surface area (Å²) in [5.74, 6) is -1.69. The lowest BCUT2D eigenvalue weighted by Crippen LogP contribution is -2.31. The van der Waals surface area contributed by atoms with Crippen LogP contribution in [0.1, 0.15) is 46.7 Å². The van der Waals surface area contributed by atoms with Gasteiger partial charge in [-0.2, -0.15) is 0 Å². The summed E-state index contributed by atoms with van der Waals surface area (Å²) in [6.45, 7) is 2.97. The van der Waals surface area contributed by atoms with Crippen LogP contribution >= 0.6 is 27.5 Å². The van der Waals surface area contributed by atoms with Gasteiger partial charge in [-0.05, 0) is 61.7 Å². The molecule has 1 aliphatic heterocycles. The van der Waals surface area contributed by atoms with E-state index in [1.807, 2.05) is 30.0 Å². The molecule has 1 saturated heterocycles. The molecule has 0 spiro atoms. The molecule has 0 saturated carbocycles. The van der Waals surface area contributed by atoms with Gasteiger partial charge in [0, 0.05) is 52.4 Å². The summed E-state index contributed by atoms with van der Waals surface area (Å²) in [4.78, 5) is 31.6. The highest BCUT2D eigenvalue weighted by molar-refractivity contribution is 9.10. The van der Waals surface area contributed by atoms with Crippen molar-refractivity contribution in [1.29, 1.82) is 0 Å². The Balaban J connectivity index is 1.68. The number of carboxylic acid groups (broad SMARTS) is 1. The number of aliphatic carboxylic acids is 1. The third kappa shape index (κ3) is 5.79. The summed E-state index contributed by atoms with van der Waals surface area (Å²) in [5.41, 5.74) is 2.21. The zero-order chi connectivity index (χ0) is 26.0. The van der Waals surface area contributed by atoms with Crippen LogP contribution in [0.4, 0.5) is 10.2 Å². The van der Waals surface area contributed by atoms with Crippen molar-refractivity contribution in [2.75, 3.05) is 24.5 Å². The molecule has 3 N–H and O–H groups in total. The first-order valence-electron chi connectivity index (χ1n) is 11.6. The Morgan fingerprint density at radius 1 is 1.31 bits per heavy atom. The van der Waals surface area contributed by atoms with E-state index >= 15 is 0 Å².